The Balaban J connectivity index is 2.25. The first-order valence-corrected chi connectivity index (χ1v) is 6.32. The quantitative estimate of drug-likeness (QED) is 0.865. The number of nitrogens with one attached hydrogen (secondary N) is 1. The third-order valence-corrected chi connectivity index (χ3v) is 3.21. The van der Waals surface area contributed by atoms with Crippen molar-refractivity contribution in [3.63, 3.8) is 0 Å². The third kappa shape index (κ3) is 3.26. The molecule has 0 aliphatic rings. The first-order valence-electron chi connectivity index (χ1n) is 6.32. The lowest BCUT2D eigenvalue weighted by molar-refractivity contribution is 0.401. The van der Waals surface area contributed by atoms with Crippen molar-refractivity contribution < 1.29 is 9.84 Å². The minimum absolute atomic E-state index is 0.151. The molecule has 1 unspecified atom stereocenters. The number of likely N-dealkylation sites (N-methyl/N-ethyl adjacent to an activating group) is 1. The van der Waals surface area contributed by atoms with Gasteiger partial charge in [0.05, 0.1) is 7.11 Å². The number of aromatic hydroxyl groups is 1. The van der Waals surface area contributed by atoms with E-state index in [2.05, 4.69) is 11.4 Å². The summed E-state index contributed by atoms with van der Waals surface area (Å²) in [6.07, 6.45) is 0.797. The van der Waals surface area contributed by atoms with Crippen LogP contribution in [0.3, 0.4) is 0 Å². The van der Waals surface area contributed by atoms with Crippen LogP contribution >= 0.6 is 0 Å². The number of hydrogen-bond acceptors (Lipinski definition) is 3. The molecule has 100 valence electrons. The second-order valence-electron chi connectivity index (χ2n) is 4.46. The fourth-order valence-electron chi connectivity index (χ4n) is 2.24. The molecule has 0 radical (unpaired) electrons. The summed E-state index contributed by atoms with van der Waals surface area (Å²) in [5.41, 5.74) is 2.21. The summed E-state index contributed by atoms with van der Waals surface area (Å²) in [5, 5.41) is 12.8. The van der Waals surface area contributed by atoms with Crippen molar-refractivity contribution in [3.8, 4) is 11.5 Å². The average molecular weight is 257 g/mol. The smallest absolute Gasteiger partial charge is 0.123 e. The van der Waals surface area contributed by atoms with Gasteiger partial charge < -0.3 is 15.2 Å². The molecule has 0 amide bonds. The molecule has 0 saturated carbocycles. The van der Waals surface area contributed by atoms with E-state index in [0.717, 1.165) is 23.3 Å². The number of ether oxygens (including phenoxy) is 1. The Hall–Kier alpha value is -2.00. The van der Waals surface area contributed by atoms with Gasteiger partial charge in [-0.3, -0.25) is 0 Å². The summed E-state index contributed by atoms with van der Waals surface area (Å²) in [6, 6.07) is 15.5. The Morgan fingerprint density at radius 2 is 1.95 bits per heavy atom. The lowest BCUT2D eigenvalue weighted by atomic mass is 9.98. The van der Waals surface area contributed by atoms with E-state index in [1.165, 1.54) is 0 Å². The molecule has 0 aliphatic heterocycles. The number of para-hydroxylation sites is 1. The van der Waals surface area contributed by atoms with Gasteiger partial charge in [0.25, 0.3) is 0 Å². The normalized spacial score (nSPS) is 12.1. The highest BCUT2D eigenvalue weighted by atomic mass is 16.5. The van der Waals surface area contributed by atoms with Crippen LogP contribution in [0.25, 0.3) is 0 Å². The fourth-order valence-corrected chi connectivity index (χ4v) is 2.24. The van der Waals surface area contributed by atoms with E-state index in [4.69, 9.17) is 4.74 Å². The highest BCUT2D eigenvalue weighted by Gasteiger charge is 2.14. The number of benzene rings is 2. The van der Waals surface area contributed by atoms with E-state index in [-0.39, 0.29) is 6.04 Å². The Bertz CT molecular complexity index is 540. The van der Waals surface area contributed by atoms with Gasteiger partial charge in [-0.15, -0.1) is 0 Å². The maximum Gasteiger partial charge on any atom is 0.123 e. The zero-order valence-corrected chi connectivity index (χ0v) is 11.3. The molecule has 0 aromatic heterocycles. The maximum absolute atomic E-state index is 9.52. The lowest BCUT2D eigenvalue weighted by Crippen LogP contribution is -2.19. The Kier molecular flexibility index (Phi) is 4.42. The molecule has 0 bridgehead atoms. The van der Waals surface area contributed by atoms with Gasteiger partial charge in [0.1, 0.15) is 11.5 Å². The molecule has 2 aromatic rings. The summed E-state index contributed by atoms with van der Waals surface area (Å²) in [6.45, 7) is 0. The summed E-state index contributed by atoms with van der Waals surface area (Å²) in [7, 11) is 3.61. The monoisotopic (exact) mass is 257 g/mol. The van der Waals surface area contributed by atoms with E-state index in [1.807, 2.05) is 37.4 Å². The van der Waals surface area contributed by atoms with Crippen LogP contribution in [0.5, 0.6) is 11.5 Å². The SMILES string of the molecule is CNC(Cc1cccc(O)c1)c1ccccc1OC. The van der Waals surface area contributed by atoms with Crippen LogP contribution in [0.4, 0.5) is 0 Å². The van der Waals surface area contributed by atoms with E-state index in [0.29, 0.717) is 5.75 Å². The summed E-state index contributed by atoms with van der Waals surface area (Å²) in [5.74, 6) is 1.18. The summed E-state index contributed by atoms with van der Waals surface area (Å²) >= 11 is 0. The van der Waals surface area contributed by atoms with E-state index in [9.17, 15) is 5.11 Å². The predicted octanol–water partition coefficient (Wildman–Crippen LogP) is 2.90. The molecule has 0 fully saturated rings. The molecule has 3 heteroatoms. The second-order valence-corrected chi connectivity index (χ2v) is 4.46. The van der Waals surface area contributed by atoms with Crippen LogP contribution in [0.2, 0.25) is 0 Å². The Labute approximate surface area is 113 Å². The molecule has 19 heavy (non-hydrogen) atoms. The molecule has 0 aliphatic carbocycles. The van der Waals surface area contributed by atoms with Crippen molar-refractivity contribution in [1.29, 1.82) is 0 Å². The zero-order chi connectivity index (χ0) is 13.7. The van der Waals surface area contributed by atoms with Crippen molar-refractivity contribution in [3.05, 3.63) is 59.7 Å². The first-order chi connectivity index (χ1) is 9.24. The molecule has 0 saturated heterocycles. The lowest BCUT2D eigenvalue weighted by Gasteiger charge is -2.19. The molecular weight excluding hydrogens is 238 g/mol. The van der Waals surface area contributed by atoms with Gasteiger partial charge >= 0.3 is 0 Å². The van der Waals surface area contributed by atoms with Crippen LogP contribution in [0.15, 0.2) is 48.5 Å². The van der Waals surface area contributed by atoms with Crippen molar-refractivity contribution in [2.45, 2.75) is 12.5 Å². The van der Waals surface area contributed by atoms with Crippen molar-refractivity contribution in [1.82, 2.24) is 5.32 Å². The van der Waals surface area contributed by atoms with Gasteiger partial charge in [0, 0.05) is 11.6 Å². The molecule has 3 nitrogen and oxygen atoms in total. The van der Waals surface area contributed by atoms with Gasteiger partial charge in [0.2, 0.25) is 0 Å². The zero-order valence-electron chi connectivity index (χ0n) is 11.3. The fraction of sp³-hybridized carbons (Fsp3) is 0.250. The van der Waals surface area contributed by atoms with Gasteiger partial charge in [-0.25, -0.2) is 0 Å². The molecule has 2 aromatic carbocycles. The number of hydrogen-bond donors (Lipinski definition) is 2. The largest absolute Gasteiger partial charge is 0.508 e. The molecule has 0 spiro atoms. The van der Waals surface area contributed by atoms with Crippen molar-refractivity contribution in [2.24, 2.45) is 0 Å². The second kappa shape index (κ2) is 6.25. The van der Waals surface area contributed by atoms with Crippen molar-refractivity contribution >= 4 is 0 Å². The molecule has 1 atom stereocenters. The Morgan fingerprint density at radius 1 is 1.16 bits per heavy atom. The standard InChI is InChI=1S/C16H19NO2/c1-17-15(11-12-6-5-7-13(18)10-12)14-8-3-4-9-16(14)19-2/h3-10,15,17-18H,11H2,1-2H3. The van der Waals surface area contributed by atoms with Gasteiger partial charge in [-0.2, -0.15) is 0 Å². The number of methoxy groups -OCH3 is 1. The summed E-state index contributed by atoms with van der Waals surface area (Å²) in [4.78, 5) is 0. The van der Waals surface area contributed by atoms with Gasteiger partial charge in [0.15, 0.2) is 0 Å². The third-order valence-electron chi connectivity index (χ3n) is 3.21. The van der Waals surface area contributed by atoms with E-state index < -0.39 is 0 Å². The topological polar surface area (TPSA) is 41.5 Å². The van der Waals surface area contributed by atoms with E-state index in [1.54, 1.807) is 19.2 Å². The predicted molar refractivity (Wildman–Crippen MR) is 76.6 cm³/mol. The van der Waals surface area contributed by atoms with Gasteiger partial charge in [-0.05, 0) is 37.2 Å². The van der Waals surface area contributed by atoms with Crippen LogP contribution in [-0.4, -0.2) is 19.3 Å². The first kappa shape index (κ1) is 13.4. The molecule has 2 rings (SSSR count). The number of phenolic OH excluding ortho intramolecular Hbond substituents is 1. The maximum atomic E-state index is 9.52. The minimum Gasteiger partial charge on any atom is -0.508 e. The van der Waals surface area contributed by atoms with Crippen LogP contribution in [0, 0.1) is 0 Å². The molecular formula is C16H19NO2. The number of phenols is 1. The highest BCUT2D eigenvalue weighted by Crippen LogP contribution is 2.27. The van der Waals surface area contributed by atoms with Gasteiger partial charge in [-0.1, -0.05) is 30.3 Å². The van der Waals surface area contributed by atoms with E-state index >= 15 is 0 Å². The molecule has 0 heterocycles. The highest BCUT2D eigenvalue weighted by molar-refractivity contribution is 5.37. The van der Waals surface area contributed by atoms with Crippen LogP contribution in [0.1, 0.15) is 17.2 Å². The number of rotatable bonds is 5. The van der Waals surface area contributed by atoms with Crippen LogP contribution in [-0.2, 0) is 6.42 Å². The Morgan fingerprint density at radius 3 is 2.63 bits per heavy atom. The average Bonchev–Trinajstić information content (AvgIpc) is 2.45. The van der Waals surface area contributed by atoms with Crippen molar-refractivity contribution in [2.75, 3.05) is 14.2 Å². The minimum atomic E-state index is 0.151. The summed E-state index contributed by atoms with van der Waals surface area (Å²) < 4.78 is 5.40. The molecule has 2 N–H and O–H groups in total. The van der Waals surface area contributed by atoms with Crippen LogP contribution < -0.4 is 10.1 Å².